The highest BCUT2D eigenvalue weighted by Crippen LogP contribution is 2.13. The largest absolute Gasteiger partial charge is 0.481 e. The van der Waals surface area contributed by atoms with Crippen molar-refractivity contribution in [2.45, 2.75) is 39.5 Å². The summed E-state index contributed by atoms with van der Waals surface area (Å²) in [5.74, 6) is -1.15. The average Bonchev–Trinajstić information content (AvgIpc) is 2.71. The maximum absolute atomic E-state index is 12.9. The van der Waals surface area contributed by atoms with Gasteiger partial charge in [0.2, 0.25) is 0 Å². The first-order valence-electron chi connectivity index (χ1n) is 9.40. The number of ether oxygens (including phenoxy) is 1. The summed E-state index contributed by atoms with van der Waals surface area (Å²) in [5, 5.41) is 5.43. The predicted molar refractivity (Wildman–Crippen MR) is 109 cm³/mol. The molecule has 2 aromatic rings. The van der Waals surface area contributed by atoms with Crippen molar-refractivity contribution in [2.24, 2.45) is 0 Å². The molecule has 0 saturated heterocycles. The van der Waals surface area contributed by atoms with Crippen molar-refractivity contribution in [1.29, 1.82) is 0 Å². The van der Waals surface area contributed by atoms with E-state index < -0.39 is 23.7 Å². The fourth-order valence-corrected chi connectivity index (χ4v) is 2.33. The molecule has 1 atom stereocenters. The standard InChI is InChI=1S/C21H25FN4O4/c1-13(2)24-21(29)23-12-15-4-6-16(7-5-15)20(28)26-25-19(27)14(3)30-18-10-8-17(22)9-11-18/h4-11,13-14H,12H2,1-3H3,(H,25,27)(H,26,28)(H2,23,24,29)/t14-/m1/s1. The average molecular weight is 416 g/mol. The van der Waals surface area contributed by atoms with E-state index in [9.17, 15) is 18.8 Å². The molecule has 4 amide bonds. The zero-order chi connectivity index (χ0) is 22.1. The van der Waals surface area contributed by atoms with E-state index in [4.69, 9.17) is 4.74 Å². The molecule has 0 spiro atoms. The molecule has 0 aromatic heterocycles. The fraction of sp³-hybridized carbons (Fsp3) is 0.286. The summed E-state index contributed by atoms with van der Waals surface area (Å²) in [6.45, 7) is 5.54. The Kier molecular flexibility index (Phi) is 8.16. The first kappa shape index (κ1) is 22.7. The normalized spacial score (nSPS) is 11.4. The van der Waals surface area contributed by atoms with Gasteiger partial charge in [-0.2, -0.15) is 0 Å². The van der Waals surface area contributed by atoms with Gasteiger partial charge in [0, 0.05) is 18.2 Å². The van der Waals surface area contributed by atoms with Crippen molar-refractivity contribution in [3.05, 3.63) is 65.5 Å². The number of hydrogen-bond donors (Lipinski definition) is 4. The molecule has 0 heterocycles. The molecule has 0 saturated carbocycles. The third kappa shape index (κ3) is 7.42. The molecule has 0 bridgehead atoms. The van der Waals surface area contributed by atoms with E-state index in [-0.39, 0.29) is 12.1 Å². The topological polar surface area (TPSA) is 109 Å². The van der Waals surface area contributed by atoms with Gasteiger partial charge >= 0.3 is 6.03 Å². The smallest absolute Gasteiger partial charge is 0.315 e. The van der Waals surface area contributed by atoms with Gasteiger partial charge in [0.15, 0.2) is 6.10 Å². The summed E-state index contributed by atoms with van der Waals surface area (Å²) in [5.41, 5.74) is 5.74. The van der Waals surface area contributed by atoms with Crippen LogP contribution in [0.4, 0.5) is 9.18 Å². The number of hydrazine groups is 1. The Labute approximate surface area is 174 Å². The molecule has 0 unspecified atom stereocenters. The molecule has 0 aliphatic carbocycles. The zero-order valence-electron chi connectivity index (χ0n) is 17.0. The van der Waals surface area contributed by atoms with E-state index in [1.165, 1.54) is 31.2 Å². The number of carbonyl (C=O) groups excluding carboxylic acids is 3. The lowest BCUT2D eigenvalue weighted by Crippen LogP contribution is -2.47. The van der Waals surface area contributed by atoms with Gasteiger partial charge in [-0.25, -0.2) is 9.18 Å². The summed E-state index contributed by atoms with van der Waals surface area (Å²) >= 11 is 0. The van der Waals surface area contributed by atoms with Crippen molar-refractivity contribution in [3.8, 4) is 5.75 Å². The second-order valence-electron chi connectivity index (χ2n) is 6.84. The minimum Gasteiger partial charge on any atom is -0.481 e. The third-order valence-electron chi connectivity index (χ3n) is 3.88. The monoisotopic (exact) mass is 416 g/mol. The zero-order valence-corrected chi connectivity index (χ0v) is 17.0. The molecule has 0 radical (unpaired) electrons. The number of benzene rings is 2. The van der Waals surface area contributed by atoms with Crippen LogP contribution in [0.1, 0.15) is 36.7 Å². The van der Waals surface area contributed by atoms with E-state index in [1.807, 2.05) is 13.8 Å². The highest BCUT2D eigenvalue weighted by Gasteiger charge is 2.16. The van der Waals surface area contributed by atoms with Gasteiger partial charge in [-0.05, 0) is 62.7 Å². The van der Waals surface area contributed by atoms with Crippen molar-refractivity contribution >= 4 is 17.8 Å². The van der Waals surface area contributed by atoms with Crippen molar-refractivity contribution in [3.63, 3.8) is 0 Å². The van der Waals surface area contributed by atoms with Crippen LogP contribution in [-0.4, -0.2) is 30.0 Å². The molecule has 0 fully saturated rings. The number of nitrogens with one attached hydrogen (secondary N) is 4. The molecular weight excluding hydrogens is 391 g/mol. The van der Waals surface area contributed by atoms with Crippen LogP contribution in [-0.2, 0) is 11.3 Å². The van der Waals surface area contributed by atoms with Crippen molar-refractivity contribution in [1.82, 2.24) is 21.5 Å². The van der Waals surface area contributed by atoms with Crippen LogP contribution in [0.25, 0.3) is 0 Å². The molecule has 2 aromatic carbocycles. The van der Waals surface area contributed by atoms with Gasteiger partial charge in [-0.3, -0.25) is 20.4 Å². The second kappa shape index (κ2) is 10.8. The first-order chi connectivity index (χ1) is 14.2. The van der Waals surface area contributed by atoms with Gasteiger partial charge in [-0.1, -0.05) is 12.1 Å². The van der Waals surface area contributed by atoms with E-state index in [0.717, 1.165) is 5.56 Å². The summed E-state index contributed by atoms with van der Waals surface area (Å²) in [7, 11) is 0. The summed E-state index contributed by atoms with van der Waals surface area (Å²) in [4.78, 5) is 35.8. The minimum absolute atomic E-state index is 0.0371. The maximum atomic E-state index is 12.9. The number of amides is 4. The lowest BCUT2D eigenvalue weighted by atomic mass is 10.1. The number of urea groups is 1. The molecule has 160 valence electrons. The predicted octanol–water partition coefficient (Wildman–Crippen LogP) is 2.26. The van der Waals surface area contributed by atoms with Crippen LogP contribution >= 0.6 is 0 Å². The van der Waals surface area contributed by atoms with Crippen LogP contribution in [0, 0.1) is 5.82 Å². The van der Waals surface area contributed by atoms with Gasteiger partial charge in [0.05, 0.1) is 0 Å². The Balaban J connectivity index is 1.79. The second-order valence-corrected chi connectivity index (χ2v) is 6.84. The van der Waals surface area contributed by atoms with Crippen molar-refractivity contribution in [2.75, 3.05) is 0 Å². The van der Waals surface area contributed by atoms with Crippen LogP contribution in [0.15, 0.2) is 48.5 Å². The Morgan fingerprint density at radius 2 is 1.57 bits per heavy atom. The molecule has 0 aliphatic rings. The Hall–Kier alpha value is -3.62. The minimum atomic E-state index is -0.902. The Morgan fingerprint density at radius 3 is 2.17 bits per heavy atom. The van der Waals surface area contributed by atoms with Gasteiger partial charge in [0.25, 0.3) is 11.8 Å². The SMILES string of the molecule is CC(C)NC(=O)NCc1ccc(C(=O)NNC(=O)[C@@H](C)Oc2ccc(F)cc2)cc1. The Morgan fingerprint density at radius 1 is 0.933 bits per heavy atom. The number of rotatable bonds is 7. The van der Waals surface area contributed by atoms with E-state index in [1.54, 1.807) is 24.3 Å². The van der Waals surface area contributed by atoms with E-state index in [2.05, 4.69) is 21.5 Å². The van der Waals surface area contributed by atoms with Crippen LogP contribution in [0.5, 0.6) is 5.75 Å². The molecule has 8 nitrogen and oxygen atoms in total. The highest BCUT2D eigenvalue weighted by molar-refractivity contribution is 5.95. The van der Waals surface area contributed by atoms with E-state index >= 15 is 0 Å². The number of halogens is 1. The molecule has 0 aliphatic heterocycles. The van der Waals surface area contributed by atoms with Crippen molar-refractivity contribution < 1.29 is 23.5 Å². The van der Waals surface area contributed by atoms with Crippen LogP contribution < -0.4 is 26.2 Å². The molecule has 2 rings (SSSR count). The number of hydrogen-bond acceptors (Lipinski definition) is 4. The first-order valence-corrected chi connectivity index (χ1v) is 9.40. The molecule has 30 heavy (non-hydrogen) atoms. The van der Waals surface area contributed by atoms with Gasteiger partial charge in [-0.15, -0.1) is 0 Å². The molecular formula is C21H25FN4O4. The highest BCUT2D eigenvalue weighted by atomic mass is 19.1. The van der Waals surface area contributed by atoms with Crippen LogP contribution in [0.2, 0.25) is 0 Å². The summed E-state index contributed by atoms with van der Waals surface area (Å²) in [6.07, 6.45) is -0.902. The van der Waals surface area contributed by atoms with E-state index in [0.29, 0.717) is 17.9 Å². The maximum Gasteiger partial charge on any atom is 0.315 e. The molecule has 9 heteroatoms. The lowest BCUT2D eigenvalue weighted by molar-refractivity contribution is -0.128. The number of carbonyl (C=O) groups is 3. The molecule has 4 N–H and O–H groups in total. The Bertz CT molecular complexity index is 870. The van der Waals surface area contributed by atoms with Crippen LogP contribution in [0.3, 0.4) is 0 Å². The fourth-order valence-electron chi connectivity index (χ4n) is 2.33. The summed E-state index contributed by atoms with van der Waals surface area (Å²) in [6, 6.07) is 11.6. The van der Waals surface area contributed by atoms with Gasteiger partial charge in [0.1, 0.15) is 11.6 Å². The van der Waals surface area contributed by atoms with Gasteiger partial charge < -0.3 is 15.4 Å². The summed E-state index contributed by atoms with van der Waals surface area (Å²) < 4.78 is 18.3. The third-order valence-corrected chi connectivity index (χ3v) is 3.88. The quantitative estimate of drug-likeness (QED) is 0.519. The lowest BCUT2D eigenvalue weighted by Gasteiger charge is -2.15.